The van der Waals surface area contributed by atoms with Gasteiger partial charge < -0.3 is 14.4 Å². The topological polar surface area (TPSA) is 38.8 Å². The number of benzene rings is 2. The minimum absolute atomic E-state index is 0.0645. The molecule has 0 aliphatic carbocycles. The van der Waals surface area contributed by atoms with Crippen LogP contribution in [-0.2, 0) is 0 Å². The molecular weight excluding hydrogens is 314 g/mol. The largest absolute Gasteiger partial charge is 0.490 e. The van der Waals surface area contributed by atoms with Crippen molar-refractivity contribution in [3.63, 3.8) is 0 Å². The van der Waals surface area contributed by atoms with Crippen molar-refractivity contribution in [2.24, 2.45) is 0 Å². The van der Waals surface area contributed by atoms with Gasteiger partial charge in [-0.3, -0.25) is 4.79 Å². The van der Waals surface area contributed by atoms with E-state index in [9.17, 15) is 4.79 Å². The normalized spacial score (nSPS) is 10.3. The van der Waals surface area contributed by atoms with Gasteiger partial charge in [-0.2, -0.15) is 0 Å². The van der Waals surface area contributed by atoms with Crippen molar-refractivity contribution >= 4 is 5.91 Å². The van der Waals surface area contributed by atoms with Gasteiger partial charge in [-0.05, 0) is 43.2 Å². The summed E-state index contributed by atoms with van der Waals surface area (Å²) in [4.78, 5) is 14.5. The molecule has 0 spiro atoms. The third-order valence-electron chi connectivity index (χ3n) is 3.72. The van der Waals surface area contributed by atoms with E-state index in [1.807, 2.05) is 59.5 Å². The Bertz CT molecular complexity index is 637. The monoisotopic (exact) mass is 341 g/mol. The van der Waals surface area contributed by atoms with Crippen LogP contribution in [0.4, 0.5) is 0 Å². The molecule has 0 saturated heterocycles. The Hall–Kier alpha value is -2.49. The van der Waals surface area contributed by atoms with Crippen LogP contribution >= 0.6 is 0 Å². The highest BCUT2D eigenvalue weighted by Gasteiger charge is 2.14. The molecule has 0 aliphatic heterocycles. The second-order valence-corrected chi connectivity index (χ2v) is 5.83. The van der Waals surface area contributed by atoms with Gasteiger partial charge in [0.15, 0.2) is 0 Å². The lowest BCUT2D eigenvalue weighted by Gasteiger charge is -2.21. The Kier molecular flexibility index (Phi) is 7.83. The Morgan fingerprint density at radius 2 is 1.44 bits per heavy atom. The van der Waals surface area contributed by atoms with Gasteiger partial charge in [-0.1, -0.05) is 38.1 Å². The first-order valence-corrected chi connectivity index (χ1v) is 8.94. The number of para-hydroxylation sites is 1. The predicted octanol–water partition coefficient (Wildman–Crippen LogP) is 4.41. The second kappa shape index (κ2) is 10.4. The van der Waals surface area contributed by atoms with Gasteiger partial charge in [-0.15, -0.1) is 0 Å². The van der Waals surface area contributed by atoms with Crippen molar-refractivity contribution in [2.75, 3.05) is 26.3 Å². The van der Waals surface area contributed by atoms with Crippen LogP contribution in [0.5, 0.6) is 11.5 Å². The standard InChI is InChI=1S/C21H27NO3/c1-3-13-22(14-4-2)21(23)18-9-8-12-20(17-18)25-16-15-24-19-10-6-5-7-11-19/h5-12,17H,3-4,13-16H2,1-2H3. The fourth-order valence-electron chi connectivity index (χ4n) is 2.59. The van der Waals surface area contributed by atoms with E-state index in [-0.39, 0.29) is 5.91 Å². The Balaban J connectivity index is 1.88. The van der Waals surface area contributed by atoms with E-state index in [0.29, 0.717) is 24.5 Å². The smallest absolute Gasteiger partial charge is 0.253 e. The lowest BCUT2D eigenvalue weighted by atomic mass is 10.1. The number of ether oxygens (including phenoxy) is 2. The number of carbonyl (C=O) groups is 1. The van der Waals surface area contributed by atoms with Crippen LogP contribution in [0.2, 0.25) is 0 Å². The zero-order valence-electron chi connectivity index (χ0n) is 15.1. The molecule has 0 bridgehead atoms. The van der Waals surface area contributed by atoms with Crippen molar-refractivity contribution in [3.8, 4) is 11.5 Å². The zero-order valence-corrected chi connectivity index (χ0v) is 15.1. The SMILES string of the molecule is CCCN(CCC)C(=O)c1cccc(OCCOc2ccccc2)c1. The van der Waals surface area contributed by atoms with Gasteiger partial charge >= 0.3 is 0 Å². The van der Waals surface area contributed by atoms with Gasteiger partial charge in [0.05, 0.1) is 0 Å². The van der Waals surface area contributed by atoms with Gasteiger partial charge in [0, 0.05) is 18.7 Å². The van der Waals surface area contributed by atoms with Crippen LogP contribution in [0.1, 0.15) is 37.0 Å². The molecule has 0 heterocycles. The van der Waals surface area contributed by atoms with Crippen molar-refractivity contribution in [3.05, 3.63) is 60.2 Å². The summed E-state index contributed by atoms with van der Waals surface area (Å²) in [5, 5.41) is 0. The summed E-state index contributed by atoms with van der Waals surface area (Å²) in [6.45, 7) is 6.62. The van der Waals surface area contributed by atoms with Crippen molar-refractivity contribution in [1.82, 2.24) is 4.90 Å². The van der Waals surface area contributed by atoms with Crippen LogP contribution in [0.3, 0.4) is 0 Å². The van der Waals surface area contributed by atoms with Crippen LogP contribution in [0.15, 0.2) is 54.6 Å². The summed E-state index contributed by atoms with van der Waals surface area (Å²) in [7, 11) is 0. The fraction of sp³-hybridized carbons (Fsp3) is 0.381. The minimum atomic E-state index is 0.0645. The fourth-order valence-corrected chi connectivity index (χ4v) is 2.59. The molecule has 0 radical (unpaired) electrons. The molecule has 4 nitrogen and oxygen atoms in total. The first kappa shape index (κ1) is 18.8. The first-order chi connectivity index (χ1) is 12.2. The zero-order chi connectivity index (χ0) is 17.9. The van der Waals surface area contributed by atoms with E-state index < -0.39 is 0 Å². The van der Waals surface area contributed by atoms with Crippen molar-refractivity contribution in [1.29, 1.82) is 0 Å². The highest BCUT2D eigenvalue weighted by molar-refractivity contribution is 5.94. The average molecular weight is 341 g/mol. The predicted molar refractivity (Wildman–Crippen MR) is 100 cm³/mol. The quantitative estimate of drug-likeness (QED) is 0.601. The lowest BCUT2D eigenvalue weighted by molar-refractivity contribution is 0.0755. The Morgan fingerprint density at radius 3 is 2.08 bits per heavy atom. The molecule has 0 fully saturated rings. The number of amides is 1. The lowest BCUT2D eigenvalue weighted by Crippen LogP contribution is -2.32. The third kappa shape index (κ3) is 6.14. The number of nitrogens with zero attached hydrogens (tertiary/aromatic N) is 1. The molecular formula is C21H27NO3. The highest BCUT2D eigenvalue weighted by Crippen LogP contribution is 2.16. The van der Waals surface area contributed by atoms with Gasteiger partial charge in [0.25, 0.3) is 5.91 Å². The molecule has 0 saturated carbocycles. The molecule has 134 valence electrons. The van der Waals surface area contributed by atoms with Crippen LogP contribution < -0.4 is 9.47 Å². The van der Waals surface area contributed by atoms with Gasteiger partial charge in [-0.25, -0.2) is 0 Å². The van der Waals surface area contributed by atoms with Crippen molar-refractivity contribution < 1.29 is 14.3 Å². The molecule has 0 aliphatic rings. The van der Waals surface area contributed by atoms with Crippen LogP contribution in [0, 0.1) is 0 Å². The van der Waals surface area contributed by atoms with E-state index in [1.54, 1.807) is 0 Å². The molecule has 2 aromatic rings. The molecule has 1 amide bonds. The number of hydrogen-bond donors (Lipinski definition) is 0. The minimum Gasteiger partial charge on any atom is -0.490 e. The molecule has 0 N–H and O–H groups in total. The maximum absolute atomic E-state index is 12.6. The Labute approximate surface area is 150 Å². The third-order valence-corrected chi connectivity index (χ3v) is 3.72. The van der Waals surface area contributed by atoms with E-state index in [4.69, 9.17) is 9.47 Å². The molecule has 25 heavy (non-hydrogen) atoms. The van der Waals surface area contributed by atoms with Crippen molar-refractivity contribution in [2.45, 2.75) is 26.7 Å². The summed E-state index contributed by atoms with van der Waals surface area (Å²) in [5.41, 5.74) is 0.670. The summed E-state index contributed by atoms with van der Waals surface area (Å²) >= 11 is 0. The van der Waals surface area contributed by atoms with E-state index in [2.05, 4.69) is 13.8 Å². The van der Waals surface area contributed by atoms with Crippen LogP contribution in [-0.4, -0.2) is 37.1 Å². The first-order valence-electron chi connectivity index (χ1n) is 8.94. The molecule has 2 aromatic carbocycles. The maximum Gasteiger partial charge on any atom is 0.253 e. The second-order valence-electron chi connectivity index (χ2n) is 5.83. The molecule has 4 heteroatoms. The summed E-state index contributed by atoms with van der Waals surface area (Å²) in [6.07, 6.45) is 1.91. The van der Waals surface area contributed by atoms with E-state index in [0.717, 1.165) is 31.7 Å². The number of rotatable bonds is 10. The summed E-state index contributed by atoms with van der Waals surface area (Å²) < 4.78 is 11.3. The van der Waals surface area contributed by atoms with Gasteiger partial charge in [0.2, 0.25) is 0 Å². The van der Waals surface area contributed by atoms with Gasteiger partial charge in [0.1, 0.15) is 24.7 Å². The maximum atomic E-state index is 12.6. The summed E-state index contributed by atoms with van der Waals surface area (Å²) in [6, 6.07) is 17.0. The summed E-state index contributed by atoms with van der Waals surface area (Å²) in [5.74, 6) is 1.58. The molecule has 0 unspecified atom stereocenters. The Morgan fingerprint density at radius 1 is 0.840 bits per heavy atom. The van der Waals surface area contributed by atoms with E-state index >= 15 is 0 Å². The molecule has 2 rings (SSSR count). The number of carbonyl (C=O) groups excluding carboxylic acids is 1. The van der Waals surface area contributed by atoms with E-state index in [1.165, 1.54) is 0 Å². The number of hydrogen-bond acceptors (Lipinski definition) is 3. The van der Waals surface area contributed by atoms with Crippen LogP contribution in [0.25, 0.3) is 0 Å². The molecule has 0 atom stereocenters. The average Bonchev–Trinajstić information content (AvgIpc) is 2.65. The molecule has 0 aromatic heterocycles. The highest BCUT2D eigenvalue weighted by atomic mass is 16.5.